The molecule has 0 radical (unpaired) electrons. The Bertz CT molecular complexity index is 969. The van der Waals surface area contributed by atoms with Crippen molar-refractivity contribution in [2.45, 2.75) is 6.54 Å². The fourth-order valence-electron chi connectivity index (χ4n) is 2.54. The predicted molar refractivity (Wildman–Crippen MR) is 100 cm³/mol. The van der Waals surface area contributed by atoms with Crippen LogP contribution >= 0.6 is 0 Å². The van der Waals surface area contributed by atoms with E-state index >= 15 is 0 Å². The number of benzene rings is 2. The van der Waals surface area contributed by atoms with E-state index in [1.165, 1.54) is 19.2 Å². The Balaban J connectivity index is 1.63. The normalized spacial score (nSPS) is 10.4. The van der Waals surface area contributed by atoms with E-state index in [1.807, 2.05) is 0 Å². The second-order valence-corrected chi connectivity index (χ2v) is 5.83. The number of carbonyl (C=O) groups is 2. The third-order valence-electron chi connectivity index (χ3n) is 3.99. The number of para-hydroxylation sites is 1. The maximum Gasteiger partial charge on any atom is 0.340 e. The van der Waals surface area contributed by atoms with Crippen molar-refractivity contribution in [1.82, 2.24) is 0 Å². The molecule has 0 bridgehead atoms. The summed E-state index contributed by atoms with van der Waals surface area (Å²) in [6, 6.07) is 14.2. The fourth-order valence-corrected chi connectivity index (χ4v) is 2.54. The van der Waals surface area contributed by atoms with Crippen molar-refractivity contribution in [1.29, 1.82) is 0 Å². The van der Waals surface area contributed by atoms with Gasteiger partial charge in [0.2, 0.25) is 0 Å². The second-order valence-electron chi connectivity index (χ2n) is 5.83. The summed E-state index contributed by atoms with van der Waals surface area (Å²) in [7, 11) is 1.33. The fraction of sp³-hybridized carbons (Fsp3) is 0.143. The van der Waals surface area contributed by atoms with Crippen LogP contribution in [-0.4, -0.2) is 25.5 Å². The van der Waals surface area contributed by atoms with E-state index in [4.69, 9.17) is 13.9 Å². The van der Waals surface area contributed by atoms with E-state index in [-0.39, 0.29) is 16.9 Å². The van der Waals surface area contributed by atoms with Crippen LogP contribution in [0.2, 0.25) is 0 Å². The lowest BCUT2D eigenvalue weighted by atomic mass is 10.1. The molecule has 0 aliphatic carbocycles. The number of methoxy groups -OCH3 is 1. The first-order chi connectivity index (χ1) is 13.6. The Morgan fingerprint density at radius 1 is 1.11 bits per heavy atom. The van der Waals surface area contributed by atoms with Crippen molar-refractivity contribution >= 4 is 17.4 Å². The quantitative estimate of drug-likeness (QED) is 0.467. The molecule has 0 atom stereocenters. The number of carbonyl (C=O) groups excluding carboxylic acids is 2. The third kappa shape index (κ3) is 4.56. The van der Waals surface area contributed by atoms with Gasteiger partial charge < -0.3 is 19.2 Å². The number of Topliss-reactive ketones (excluding diaryl/α,β-unsaturated/α-hetero) is 1. The summed E-state index contributed by atoms with van der Waals surface area (Å²) in [6.45, 7) is -0.113. The predicted octanol–water partition coefficient (Wildman–Crippen LogP) is 4.08. The highest BCUT2D eigenvalue weighted by atomic mass is 19.1. The number of rotatable bonds is 8. The van der Waals surface area contributed by atoms with Gasteiger partial charge in [-0.2, -0.15) is 0 Å². The summed E-state index contributed by atoms with van der Waals surface area (Å²) in [5.41, 5.74) is 0.921. The Morgan fingerprint density at radius 2 is 1.93 bits per heavy atom. The van der Waals surface area contributed by atoms with Gasteiger partial charge in [0.1, 0.15) is 5.76 Å². The van der Waals surface area contributed by atoms with E-state index in [1.54, 1.807) is 42.7 Å². The van der Waals surface area contributed by atoms with E-state index < -0.39 is 24.2 Å². The van der Waals surface area contributed by atoms with Gasteiger partial charge in [-0.25, -0.2) is 9.18 Å². The van der Waals surface area contributed by atoms with E-state index in [9.17, 15) is 14.0 Å². The molecule has 0 aliphatic rings. The summed E-state index contributed by atoms with van der Waals surface area (Å²) >= 11 is 0. The second kappa shape index (κ2) is 8.85. The molecular weight excluding hydrogens is 365 g/mol. The zero-order valence-electron chi connectivity index (χ0n) is 15.1. The standard InChI is InChI=1S/C21H18FNO5/c1-26-20-9-8-14(11-17(20)22)19(24)13-28-21(25)16-6-2-3-7-18(16)23-12-15-5-4-10-27-15/h2-11,23H,12-13H2,1H3. The number of nitrogens with one attached hydrogen (secondary N) is 1. The molecule has 0 aliphatic heterocycles. The Kier molecular flexibility index (Phi) is 6.06. The number of anilines is 1. The van der Waals surface area contributed by atoms with Gasteiger partial charge >= 0.3 is 5.97 Å². The summed E-state index contributed by atoms with van der Waals surface area (Å²) in [4.78, 5) is 24.6. The van der Waals surface area contributed by atoms with Crippen LogP contribution in [0.5, 0.6) is 5.75 Å². The first-order valence-electron chi connectivity index (χ1n) is 8.47. The summed E-state index contributed by atoms with van der Waals surface area (Å²) in [6.07, 6.45) is 1.56. The van der Waals surface area contributed by atoms with Crippen LogP contribution in [0, 0.1) is 5.82 Å². The maximum absolute atomic E-state index is 13.7. The van der Waals surface area contributed by atoms with Crippen molar-refractivity contribution < 1.29 is 27.9 Å². The van der Waals surface area contributed by atoms with Crippen molar-refractivity contribution in [2.24, 2.45) is 0 Å². The molecule has 1 heterocycles. The number of hydrogen-bond donors (Lipinski definition) is 1. The minimum atomic E-state index is -0.662. The summed E-state index contributed by atoms with van der Waals surface area (Å²) < 4.78 is 28.9. The van der Waals surface area contributed by atoms with Crippen LogP contribution in [-0.2, 0) is 11.3 Å². The number of esters is 1. The minimum absolute atomic E-state index is 0.0325. The first-order valence-corrected chi connectivity index (χ1v) is 8.47. The van der Waals surface area contributed by atoms with Gasteiger partial charge in [-0.05, 0) is 42.5 Å². The third-order valence-corrected chi connectivity index (χ3v) is 3.99. The van der Waals surface area contributed by atoms with Gasteiger partial charge in [-0.3, -0.25) is 4.79 Å². The lowest BCUT2D eigenvalue weighted by Crippen LogP contribution is -2.16. The van der Waals surface area contributed by atoms with Crippen LogP contribution in [0.4, 0.5) is 10.1 Å². The average Bonchev–Trinajstić information content (AvgIpc) is 3.24. The number of halogens is 1. The van der Waals surface area contributed by atoms with Gasteiger partial charge in [0.25, 0.3) is 0 Å². The zero-order valence-corrected chi connectivity index (χ0v) is 15.1. The molecule has 28 heavy (non-hydrogen) atoms. The van der Waals surface area contributed by atoms with Crippen molar-refractivity contribution in [3.05, 3.63) is 83.6 Å². The van der Waals surface area contributed by atoms with Crippen LogP contribution in [0.25, 0.3) is 0 Å². The van der Waals surface area contributed by atoms with Crippen LogP contribution < -0.4 is 10.1 Å². The molecule has 144 valence electrons. The van der Waals surface area contributed by atoms with Gasteiger partial charge in [-0.1, -0.05) is 12.1 Å². The SMILES string of the molecule is COc1ccc(C(=O)COC(=O)c2ccccc2NCc2ccco2)cc1F. The molecule has 0 amide bonds. The molecule has 2 aromatic carbocycles. The molecule has 0 spiro atoms. The van der Waals surface area contributed by atoms with Crippen molar-refractivity contribution in [3.63, 3.8) is 0 Å². The molecule has 3 aromatic rings. The maximum atomic E-state index is 13.7. The van der Waals surface area contributed by atoms with Crippen molar-refractivity contribution in [3.8, 4) is 5.75 Å². The highest BCUT2D eigenvalue weighted by Gasteiger charge is 2.16. The van der Waals surface area contributed by atoms with Gasteiger partial charge in [0.05, 0.1) is 25.5 Å². The largest absolute Gasteiger partial charge is 0.494 e. The summed E-state index contributed by atoms with van der Waals surface area (Å²) in [5.74, 6) is -1.10. The Labute approximate surface area is 160 Å². The number of furan rings is 1. The zero-order chi connectivity index (χ0) is 19.9. The number of hydrogen-bond acceptors (Lipinski definition) is 6. The van der Waals surface area contributed by atoms with Gasteiger partial charge in [-0.15, -0.1) is 0 Å². The van der Waals surface area contributed by atoms with Crippen LogP contribution in [0.15, 0.2) is 65.3 Å². The van der Waals surface area contributed by atoms with Crippen LogP contribution in [0.1, 0.15) is 26.5 Å². The molecule has 0 saturated carbocycles. The molecule has 3 rings (SSSR count). The summed E-state index contributed by atoms with van der Waals surface area (Å²) in [5, 5.41) is 3.09. The molecule has 6 nitrogen and oxygen atoms in total. The monoisotopic (exact) mass is 383 g/mol. The van der Waals surface area contributed by atoms with E-state index in [2.05, 4.69) is 5.32 Å². The van der Waals surface area contributed by atoms with Crippen LogP contribution in [0.3, 0.4) is 0 Å². The highest BCUT2D eigenvalue weighted by Crippen LogP contribution is 2.19. The first kappa shape index (κ1) is 19.2. The van der Waals surface area contributed by atoms with Gasteiger partial charge in [0, 0.05) is 11.3 Å². The lowest BCUT2D eigenvalue weighted by Gasteiger charge is -2.11. The van der Waals surface area contributed by atoms with E-state index in [0.717, 1.165) is 6.07 Å². The molecule has 1 N–H and O–H groups in total. The van der Waals surface area contributed by atoms with Gasteiger partial charge in [0.15, 0.2) is 24.0 Å². The molecule has 7 heteroatoms. The Hall–Kier alpha value is -3.61. The lowest BCUT2D eigenvalue weighted by molar-refractivity contribution is 0.0475. The smallest absolute Gasteiger partial charge is 0.340 e. The number of ether oxygens (including phenoxy) is 2. The topological polar surface area (TPSA) is 77.8 Å². The molecule has 0 fully saturated rings. The van der Waals surface area contributed by atoms with E-state index in [0.29, 0.717) is 18.0 Å². The average molecular weight is 383 g/mol. The highest BCUT2D eigenvalue weighted by molar-refractivity contribution is 6.01. The molecule has 1 aromatic heterocycles. The number of ketones is 1. The Morgan fingerprint density at radius 3 is 2.64 bits per heavy atom. The molecule has 0 unspecified atom stereocenters. The minimum Gasteiger partial charge on any atom is -0.494 e. The van der Waals surface area contributed by atoms with Crippen molar-refractivity contribution in [2.75, 3.05) is 19.0 Å². The molecular formula is C21H18FNO5. The molecule has 0 saturated heterocycles.